The number of halogens is 2. The molecule has 3 rings (SSSR count). The molecule has 0 unspecified atom stereocenters. The molecule has 0 aliphatic rings. The van der Waals surface area contributed by atoms with Crippen LogP contribution in [-0.2, 0) is 6.54 Å². The highest BCUT2D eigenvalue weighted by Crippen LogP contribution is 2.17. The van der Waals surface area contributed by atoms with E-state index in [1.807, 2.05) is 0 Å². The molecular formula is C18H17BrFN5O2. The van der Waals surface area contributed by atoms with E-state index in [4.69, 9.17) is 0 Å². The summed E-state index contributed by atoms with van der Waals surface area (Å²) in [6, 6.07) is 5.65. The number of aromatic nitrogens is 3. The van der Waals surface area contributed by atoms with Gasteiger partial charge in [-0.2, -0.15) is 0 Å². The van der Waals surface area contributed by atoms with E-state index in [-0.39, 0.29) is 12.2 Å². The third kappa shape index (κ3) is 4.25. The Morgan fingerprint density at radius 3 is 2.78 bits per heavy atom. The van der Waals surface area contributed by atoms with Crippen LogP contribution in [-0.4, -0.2) is 20.6 Å². The van der Waals surface area contributed by atoms with Gasteiger partial charge in [0.2, 0.25) is 0 Å². The lowest BCUT2D eigenvalue weighted by atomic mass is 10.2. The monoisotopic (exact) mass is 433 g/mol. The summed E-state index contributed by atoms with van der Waals surface area (Å²) in [5, 5.41) is 5.07. The SMILES string of the molecule is Cc1[nH]c(=O)c(NC(=O)NCc2ccc(-n3ccnc3C)c(F)c2)cc1Br. The molecule has 27 heavy (non-hydrogen) atoms. The maximum absolute atomic E-state index is 14.4. The fraction of sp³-hybridized carbons (Fsp3) is 0.167. The average Bonchev–Trinajstić information content (AvgIpc) is 3.04. The van der Waals surface area contributed by atoms with Gasteiger partial charge in [-0.15, -0.1) is 0 Å². The number of carbonyl (C=O) groups excluding carboxylic acids is 1. The number of anilines is 1. The fourth-order valence-corrected chi connectivity index (χ4v) is 2.86. The van der Waals surface area contributed by atoms with E-state index >= 15 is 0 Å². The molecule has 0 aliphatic carbocycles. The van der Waals surface area contributed by atoms with Crippen LogP contribution >= 0.6 is 15.9 Å². The summed E-state index contributed by atoms with van der Waals surface area (Å²) in [7, 11) is 0. The molecule has 2 aromatic heterocycles. The standard InChI is InChI=1S/C18H17BrFN5O2/c1-10-13(19)8-15(17(26)23-10)24-18(27)22-9-12-3-4-16(14(20)7-12)25-6-5-21-11(25)2/h3-8H,9H2,1-2H3,(H,23,26)(H2,22,24,27). The van der Waals surface area contributed by atoms with Crippen molar-refractivity contribution in [2.24, 2.45) is 0 Å². The van der Waals surface area contributed by atoms with Gasteiger partial charge in [-0.1, -0.05) is 6.07 Å². The average molecular weight is 434 g/mol. The number of aryl methyl sites for hydroxylation is 2. The highest BCUT2D eigenvalue weighted by Gasteiger charge is 2.10. The number of nitrogens with one attached hydrogen (secondary N) is 3. The van der Waals surface area contributed by atoms with Gasteiger partial charge in [0.25, 0.3) is 5.56 Å². The molecule has 3 N–H and O–H groups in total. The zero-order valence-electron chi connectivity index (χ0n) is 14.6. The largest absolute Gasteiger partial charge is 0.334 e. The number of imidazole rings is 1. The summed E-state index contributed by atoms with van der Waals surface area (Å²) < 4.78 is 16.7. The zero-order valence-corrected chi connectivity index (χ0v) is 16.2. The van der Waals surface area contributed by atoms with Gasteiger partial charge in [0, 0.05) is 29.1 Å². The van der Waals surface area contributed by atoms with E-state index in [0.717, 1.165) is 0 Å². The Morgan fingerprint density at radius 2 is 2.11 bits per heavy atom. The number of hydrogen-bond acceptors (Lipinski definition) is 3. The quantitative estimate of drug-likeness (QED) is 0.588. The molecule has 0 spiro atoms. The zero-order chi connectivity index (χ0) is 19.6. The van der Waals surface area contributed by atoms with Crippen molar-refractivity contribution >= 4 is 27.6 Å². The van der Waals surface area contributed by atoms with Gasteiger partial charge in [0.05, 0.1) is 5.69 Å². The van der Waals surface area contributed by atoms with Gasteiger partial charge < -0.3 is 20.2 Å². The minimum absolute atomic E-state index is 0.108. The Bertz CT molecular complexity index is 1060. The molecule has 0 saturated heterocycles. The number of urea groups is 1. The minimum Gasteiger partial charge on any atom is -0.334 e. The Balaban J connectivity index is 1.66. The predicted octanol–water partition coefficient (Wildman–Crippen LogP) is 3.40. The topological polar surface area (TPSA) is 91.8 Å². The first-order chi connectivity index (χ1) is 12.8. The van der Waals surface area contributed by atoms with Crippen LogP contribution in [0.5, 0.6) is 0 Å². The van der Waals surface area contributed by atoms with Crippen LogP contribution in [0.2, 0.25) is 0 Å². The Labute approximate surface area is 162 Å². The van der Waals surface area contributed by atoms with Crippen LogP contribution < -0.4 is 16.2 Å². The molecule has 0 atom stereocenters. The lowest BCUT2D eigenvalue weighted by Gasteiger charge is -2.10. The molecule has 0 radical (unpaired) electrons. The number of carbonyl (C=O) groups is 1. The summed E-state index contributed by atoms with van der Waals surface area (Å²) in [6.07, 6.45) is 3.27. The number of rotatable bonds is 4. The van der Waals surface area contributed by atoms with Gasteiger partial charge in [0.1, 0.15) is 17.3 Å². The predicted molar refractivity (Wildman–Crippen MR) is 104 cm³/mol. The molecule has 0 aliphatic heterocycles. The molecule has 0 saturated carbocycles. The van der Waals surface area contributed by atoms with Crippen LogP contribution in [0.1, 0.15) is 17.1 Å². The van der Waals surface area contributed by atoms with Crippen molar-refractivity contribution in [2.45, 2.75) is 20.4 Å². The van der Waals surface area contributed by atoms with Crippen LogP contribution in [0.3, 0.4) is 0 Å². The number of pyridine rings is 1. The van der Waals surface area contributed by atoms with E-state index in [2.05, 4.69) is 36.5 Å². The smallest absolute Gasteiger partial charge is 0.319 e. The Hall–Kier alpha value is -2.94. The van der Waals surface area contributed by atoms with Crippen molar-refractivity contribution in [1.29, 1.82) is 0 Å². The second kappa shape index (κ2) is 7.75. The van der Waals surface area contributed by atoms with Gasteiger partial charge in [-0.25, -0.2) is 14.2 Å². The number of hydrogen-bond donors (Lipinski definition) is 3. The summed E-state index contributed by atoms with van der Waals surface area (Å²) >= 11 is 3.29. The number of amides is 2. The third-order valence-corrected chi connectivity index (χ3v) is 4.80. The fourth-order valence-electron chi connectivity index (χ4n) is 2.53. The van der Waals surface area contributed by atoms with E-state index in [1.165, 1.54) is 12.1 Å². The molecule has 1 aromatic carbocycles. The highest BCUT2D eigenvalue weighted by atomic mass is 79.9. The van der Waals surface area contributed by atoms with Crippen molar-refractivity contribution in [3.05, 3.63) is 74.4 Å². The first kappa shape index (κ1) is 18.8. The molecule has 0 bridgehead atoms. The maximum Gasteiger partial charge on any atom is 0.319 e. The molecule has 7 nitrogen and oxygen atoms in total. The second-order valence-corrected chi connectivity index (χ2v) is 6.78. The van der Waals surface area contributed by atoms with Crippen molar-refractivity contribution in [2.75, 3.05) is 5.32 Å². The van der Waals surface area contributed by atoms with Crippen molar-refractivity contribution in [3.8, 4) is 5.69 Å². The summed E-state index contributed by atoms with van der Waals surface area (Å²) in [4.78, 5) is 30.6. The molecular weight excluding hydrogens is 417 g/mol. The van der Waals surface area contributed by atoms with Crippen molar-refractivity contribution in [1.82, 2.24) is 19.9 Å². The number of benzene rings is 1. The summed E-state index contributed by atoms with van der Waals surface area (Å²) in [5.74, 6) is 0.253. The van der Waals surface area contributed by atoms with E-state index in [9.17, 15) is 14.0 Å². The number of nitrogens with zero attached hydrogens (tertiary/aromatic N) is 2. The number of aromatic amines is 1. The van der Waals surface area contributed by atoms with Gasteiger partial charge in [-0.05, 0) is 53.5 Å². The third-order valence-electron chi connectivity index (χ3n) is 3.97. The Kier molecular flexibility index (Phi) is 5.41. The first-order valence-electron chi connectivity index (χ1n) is 8.08. The normalized spacial score (nSPS) is 10.7. The second-order valence-electron chi connectivity index (χ2n) is 5.92. The summed E-state index contributed by atoms with van der Waals surface area (Å²) in [6.45, 7) is 3.63. The van der Waals surface area contributed by atoms with Crippen LogP contribution in [0, 0.1) is 19.7 Å². The van der Waals surface area contributed by atoms with Gasteiger partial charge in [-0.3, -0.25) is 4.79 Å². The maximum atomic E-state index is 14.4. The van der Waals surface area contributed by atoms with Crippen molar-refractivity contribution < 1.29 is 9.18 Å². The van der Waals surface area contributed by atoms with Crippen LogP contribution in [0.15, 0.2) is 45.9 Å². The molecule has 3 aromatic rings. The highest BCUT2D eigenvalue weighted by molar-refractivity contribution is 9.10. The first-order valence-corrected chi connectivity index (χ1v) is 8.87. The van der Waals surface area contributed by atoms with E-state index in [1.54, 1.807) is 42.9 Å². The lowest BCUT2D eigenvalue weighted by Crippen LogP contribution is -2.30. The molecule has 2 heterocycles. The number of H-pyrrole nitrogens is 1. The van der Waals surface area contributed by atoms with E-state index in [0.29, 0.717) is 27.2 Å². The Morgan fingerprint density at radius 1 is 1.33 bits per heavy atom. The molecule has 9 heteroatoms. The molecule has 0 fully saturated rings. The molecule has 2 amide bonds. The van der Waals surface area contributed by atoms with Crippen LogP contribution in [0.25, 0.3) is 5.69 Å². The summed E-state index contributed by atoms with van der Waals surface area (Å²) in [5.41, 5.74) is 1.34. The van der Waals surface area contributed by atoms with Gasteiger partial charge >= 0.3 is 6.03 Å². The lowest BCUT2D eigenvalue weighted by molar-refractivity contribution is 0.251. The molecule has 140 valence electrons. The van der Waals surface area contributed by atoms with Crippen LogP contribution in [0.4, 0.5) is 14.9 Å². The van der Waals surface area contributed by atoms with E-state index < -0.39 is 17.4 Å². The van der Waals surface area contributed by atoms with Crippen molar-refractivity contribution in [3.63, 3.8) is 0 Å². The van der Waals surface area contributed by atoms with Gasteiger partial charge in [0.15, 0.2) is 0 Å². The minimum atomic E-state index is -0.564.